The lowest BCUT2D eigenvalue weighted by atomic mass is 10.1. The molecule has 1 saturated heterocycles. The minimum Gasteiger partial charge on any atom is -0.394 e. The second-order valence-corrected chi connectivity index (χ2v) is 3.99. The van der Waals surface area contributed by atoms with Crippen LogP contribution in [0.25, 0.3) is 0 Å². The van der Waals surface area contributed by atoms with Gasteiger partial charge in [-0.25, -0.2) is 4.57 Å². The predicted octanol–water partition coefficient (Wildman–Crippen LogP) is -2.47. The Hall–Kier alpha value is -0.0500. The molecule has 0 spiro atoms. The number of phosphoric acid groups is 1. The van der Waals surface area contributed by atoms with Gasteiger partial charge in [-0.2, -0.15) is 0 Å². The molecule has 0 aromatic heterocycles. The van der Waals surface area contributed by atoms with Crippen molar-refractivity contribution in [2.24, 2.45) is 0 Å². The Morgan fingerprint density at radius 3 is 2.21 bits per heavy atom. The Balaban J connectivity index is 2.61. The minimum atomic E-state index is -4.79. The van der Waals surface area contributed by atoms with Crippen LogP contribution in [0.2, 0.25) is 0 Å². The molecule has 0 aromatic rings. The van der Waals surface area contributed by atoms with Crippen molar-refractivity contribution in [3.05, 3.63) is 0 Å². The number of ether oxygens (including phenoxy) is 1. The maximum atomic E-state index is 10.4. The third-order valence-corrected chi connectivity index (χ3v) is 2.22. The van der Waals surface area contributed by atoms with Crippen molar-refractivity contribution in [1.29, 1.82) is 0 Å². The number of phosphoric ester groups is 1. The monoisotopic (exact) mass is 230 g/mol. The molecule has 84 valence electrons. The summed E-state index contributed by atoms with van der Waals surface area (Å²) in [7, 11) is -4.79. The SMILES string of the molecule is O=P(O)(O)O[C@H]1O[C@H](CO)C(O)C1O. The van der Waals surface area contributed by atoms with Crippen LogP contribution in [0.15, 0.2) is 0 Å². The first-order valence-corrected chi connectivity index (χ1v) is 5.24. The first-order valence-electron chi connectivity index (χ1n) is 3.71. The van der Waals surface area contributed by atoms with E-state index in [-0.39, 0.29) is 0 Å². The molecule has 1 rings (SSSR count). The van der Waals surface area contributed by atoms with Crippen molar-refractivity contribution in [2.45, 2.75) is 24.6 Å². The molecule has 0 aliphatic carbocycles. The van der Waals surface area contributed by atoms with E-state index in [2.05, 4.69) is 9.26 Å². The molecule has 4 atom stereocenters. The average molecular weight is 230 g/mol. The van der Waals surface area contributed by atoms with Gasteiger partial charge < -0.3 is 29.8 Å². The Morgan fingerprint density at radius 2 is 1.86 bits per heavy atom. The molecule has 1 fully saturated rings. The summed E-state index contributed by atoms with van der Waals surface area (Å²) in [6.07, 6.45) is -5.78. The molecule has 0 radical (unpaired) electrons. The van der Waals surface area contributed by atoms with E-state index >= 15 is 0 Å². The second kappa shape index (κ2) is 4.21. The molecule has 1 heterocycles. The first-order chi connectivity index (χ1) is 6.35. The standard InChI is InChI=1S/C5H11O8P/c6-1-2-3(7)4(8)5(12-2)13-14(9,10)11/h2-8H,1H2,(H2,9,10,11)/t2-,3?,4?,5-/m1/s1. The lowest BCUT2D eigenvalue weighted by Gasteiger charge is -2.15. The molecule has 8 nitrogen and oxygen atoms in total. The van der Waals surface area contributed by atoms with E-state index in [9.17, 15) is 4.57 Å². The highest BCUT2D eigenvalue weighted by Crippen LogP contribution is 2.40. The molecular weight excluding hydrogens is 219 g/mol. The van der Waals surface area contributed by atoms with Crippen LogP contribution in [-0.2, 0) is 13.8 Å². The van der Waals surface area contributed by atoms with Gasteiger partial charge in [0.15, 0.2) is 6.29 Å². The number of aliphatic hydroxyl groups is 3. The highest BCUT2D eigenvalue weighted by Gasteiger charge is 2.45. The Bertz CT molecular complexity index is 238. The molecule has 0 bridgehead atoms. The highest BCUT2D eigenvalue weighted by atomic mass is 31.2. The van der Waals surface area contributed by atoms with Crippen LogP contribution < -0.4 is 0 Å². The van der Waals surface area contributed by atoms with Crippen molar-refractivity contribution < 1.29 is 38.9 Å². The summed E-state index contributed by atoms with van der Waals surface area (Å²) in [6, 6.07) is 0. The van der Waals surface area contributed by atoms with Gasteiger partial charge in [0.25, 0.3) is 0 Å². The van der Waals surface area contributed by atoms with Crippen molar-refractivity contribution in [3.8, 4) is 0 Å². The Kier molecular flexibility index (Phi) is 3.62. The van der Waals surface area contributed by atoms with Crippen LogP contribution in [-0.4, -0.2) is 56.3 Å². The van der Waals surface area contributed by atoms with Gasteiger partial charge in [0.2, 0.25) is 0 Å². The van der Waals surface area contributed by atoms with E-state index in [0.717, 1.165) is 0 Å². The summed E-state index contributed by atoms with van der Waals surface area (Å²) in [5, 5.41) is 26.9. The van der Waals surface area contributed by atoms with E-state index in [4.69, 9.17) is 25.1 Å². The van der Waals surface area contributed by atoms with E-state index < -0.39 is 39.0 Å². The Morgan fingerprint density at radius 1 is 1.29 bits per heavy atom. The van der Waals surface area contributed by atoms with Crippen LogP contribution in [0.1, 0.15) is 0 Å². The largest absolute Gasteiger partial charge is 0.472 e. The van der Waals surface area contributed by atoms with Gasteiger partial charge in [-0.1, -0.05) is 0 Å². The highest BCUT2D eigenvalue weighted by molar-refractivity contribution is 7.46. The van der Waals surface area contributed by atoms with Crippen molar-refractivity contribution in [1.82, 2.24) is 0 Å². The van der Waals surface area contributed by atoms with Gasteiger partial charge >= 0.3 is 7.82 Å². The molecular formula is C5H11O8P. The first kappa shape index (κ1) is 12.0. The fourth-order valence-electron chi connectivity index (χ4n) is 1.09. The number of hydrogen-bond donors (Lipinski definition) is 5. The molecule has 14 heavy (non-hydrogen) atoms. The van der Waals surface area contributed by atoms with Gasteiger partial charge in [0, 0.05) is 0 Å². The van der Waals surface area contributed by atoms with Crippen molar-refractivity contribution >= 4 is 7.82 Å². The van der Waals surface area contributed by atoms with E-state index in [1.54, 1.807) is 0 Å². The molecule has 0 aromatic carbocycles. The summed E-state index contributed by atoms with van der Waals surface area (Å²) in [4.78, 5) is 16.8. The van der Waals surface area contributed by atoms with E-state index in [0.29, 0.717) is 0 Å². The predicted molar refractivity (Wildman–Crippen MR) is 40.9 cm³/mol. The second-order valence-electron chi connectivity index (χ2n) is 2.80. The summed E-state index contributed by atoms with van der Waals surface area (Å²) >= 11 is 0. The van der Waals surface area contributed by atoms with Crippen molar-refractivity contribution in [2.75, 3.05) is 6.61 Å². The number of hydrogen-bond acceptors (Lipinski definition) is 6. The maximum absolute atomic E-state index is 10.4. The van der Waals surface area contributed by atoms with Crippen LogP contribution >= 0.6 is 7.82 Å². The summed E-state index contributed by atoms with van der Waals surface area (Å²) in [6.45, 7) is -0.584. The van der Waals surface area contributed by atoms with Gasteiger partial charge in [0.1, 0.15) is 18.3 Å². The average Bonchev–Trinajstić information content (AvgIpc) is 2.30. The quantitative estimate of drug-likeness (QED) is 0.336. The zero-order valence-electron chi connectivity index (χ0n) is 6.92. The minimum absolute atomic E-state index is 0.584. The zero-order chi connectivity index (χ0) is 10.9. The molecule has 2 unspecified atom stereocenters. The van der Waals surface area contributed by atoms with Gasteiger partial charge in [-0.15, -0.1) is 0 Å². The molecule has 1 aliphatic rings. The third-order valence-electron chi connectivity index (χ3n) is 1.74. The molecule has 5 N–H and O–H groups in total. The summed E-state index contributed by atoms with van der Waals surface area (Å²) in [5.74, 6) is 0. The third kappa shape index (κ3) is 2.72. The molecule has 9 heteroatoms. The molecule has 0 amide bonds. The fourth-order valence-corrected chi connectivity index (χ4v) is 1.53. The zero-order valence-corrected chi connectivity index (χ0v) is 7.82. The molecule has 0 saturated carbocycles. The van der Waals surface area contributed by atoms with Gasteiger partial charge in [0.05, 0.1) is 6.61 Å². The van der Waals surface area contributed by atoms with E-state index in [1.165, 1.54) is 0 Å². The molecule has 1 aliphatic heterocycles. The fraction of sp³-hybridized carbons (Fsp3) is 1.00. The van der Waals surface area contributed by atoms with E-state index in [1.807, 2.05) is 0 Å². The normalized spacial score (nSPS) is 38.9. The van der Waals surface area contributed by atoms with Crippen molar-refractivity contribution in [3.63, 3.8) is 0 Å². The summed E-state index contributed by atoms with van der Waals surface area (Å²) in [5.41, 5.74) is 0. The van der Waals surface area contributed by atoms with Crippen LogP contribution in [0, 0.1) is 0 Å². The topological polar surface area (TPSA) is 137 Å². The van der Waals surface area contributed by atoms with Gasteiger partial charge in [-0.05, 0) is 0 Å². The Labute approximate surface area is 78.9 Å². The summed E-state index contributed by atoms with van der Waals surface area (Å²) < 4.78 is 19.1. The van der Waals surface area contributed by atoms with Crippen LogP contribution in [0.4, 0.5) is 0 Å². The van der Waals surface area contributed by atoms with Crippen LogP contribution in [0.5, 0.6) is 0 Å². The number of rotatable bonds is 3. The lowest BCUT2D eigenvalue weighted by Crippen LogP contribution is -2.34. The maximum Gasteiger partial charge on any atom is 0.472 e. The smallest absolute Gasteiger partial charge is 0.394 e. The lowest BCUT2D eigenvalue weighted by molar-refractivity contribution is -0.126. The number of aliphatic hydroxyl groups excluding tert-OH is 3. The van der Waals surface area contributed by atoms with Crippen LogP contribution in [0.3, 0.4) is 0 Å². The van der Waals surface area contributed by atoms with Gasteiger partial charge in [-0.3, -0.25) is 4.52 Å².